The largest absolute Gasteiger partial charge is 0.506 e. The molecule has 5 nitrogen and oxygen atoms in total. The number of phenols is 1. The van der Waals surface area contributed by atoms with Gasteiger partial charge in [0.1, 0.15) is 17.1 Å². The van der Waals surface area contributed by atoms with E-state index in [2.05, 4.69) is 74.7 Å². The molecular weight excluding hydrogens is 480 g/mol. The molecule has 1 aliphatic rings. The number of hydrogen-bond acceptors (Lipinski definition) is 4. The molecule has 1 aliphatic heterocycles. The first-order valence-corrected chi connectivity index (χ1v) is 13.1. The van der Waals surface area contributed by atoms with E-state index in [1.807, 2.05) is 42.5 Å². The van der Waals surface area contributed by atoms with Gasteiger partial charge in [-0.1, -0.05) is 77.1 Å². The predicted molar refractivity (Wildman–Crippen MR) is 158 cm³/mol. The molecule has 0 spiro atoms. The van der Waals surface area contributed by atoms with Crippen molar-refractivity contribution in [1.82, 2.24) is 9.97 Å². The number of fused-ring (bicyclic) bond motifs is 3. The Kier molecular flexibility index (Phi) is 5.48. The Labute approximate surface area is 229 Å². The molecule has 2 aromatic heterocycles. The topological polar surface area (TPSA) is 53.6 Å². The first kappa shape index (κ1) is 24.6. The van der Waals surface area contributed by atoms with Crippen LogP contribution in [-0.4, -0.2) is 15.1 Å². The number of hydrogen-bond donors (Lipinski definition) is 1. The molecule has 0 radical (unpaired) electrons. The molecule has 1 N–H and O–H groups in total. The van der Waals surface area contributed by atoms with Gasteiger partial charge in [-0.15, -0.1) is 0 Å². The normalized spacial score (nSPS) is 14.0. The lowest BCUT2D eigenvalue weighted by atomic mass is 9.73. The summed E-state index contributed by atoms with van der Waals surface area (Å²) in [5, 5.41) is 11.7. The van der Waals surface area contributed by atoms with Crippen molar-refractivity contribution >= 4 is 33.8 Å². The minimum absolute atomic E-state index is 0.0761. The Morgan fingerprint density at radius 3 is 2.31 bits per heavy atom. The molecule has 0 fully saturated rings. The van der Waals surface area contributed by atoms with Crippen molar-refractivity contribution < 1.29 is 5.11 Å². The first-order chi connectivity index (χ1) is 18.6. The monoisotopic (exact) mass is 510 g/mol. The van der Waals surface area contributed by atoms with Crippen molar-refractivity contribution in [3.8, 4) is 17.0 Å². The quantitative estimate of drug-likeness (QED) is 0.241. The van der Waals surface area contributed by atoms with E-state index in [4.69, 9.17) is 16.5 Å². The summed E-state index contributed by atoms with van der Waals surface area (Å²) in [4.78, 5) is 15.5. The van der Waals surface area contributed by atoms with Gasteiger partial charge in [0.2, 0.25) is 0 Å². The Bertz CT molecular complexity index is 1790. The van der Waals surface area contributed by atoms with Crippen molar-refractivity contribution in [1.29, 1.82) is 0 Å². The Morgan fingerprint density at radius 1 is 0.872 bits per heavy atom. The van der Waals surface area contributed by atoms with Gasteiger partial charge in [-0.3, -0.25) is 4.90 Å². The third-order valence-electron chi connectivity index (χ3n) is 7.75. The van der Waals surface area contributed by atoms with Gasteiger partial charge in [-0.2, -0.15) is 0 Å². The van der Waals surface area contributed by atoms with Crippen LogP contribution in [0.4, 0.5) is 22.9 Å². The summed E-state index contributed by atoms with van der Waals surface area (Å²) in [6.45, 7) is 18.6. The molecule has 3 heterocycles. The minimum Gasteiger partial charge on any atom is -0.506 e. The lowest BCUT2D eigenvalue weighted by molar-refractivity contribution is 0.479. The van der Waals surface area contributed by atoms with Crippen LogP contribution in [0.2, 0.25) is 0 Å². The van der Waals surface area contributed by atoms with Crippen molar-refractivity contribution in [2.45, 2.75) is 45.4 Å². The van der Waals surface area contributed by atoms with Crippen LogP contribution >= 0.6 is 0 Å². The highest BCUT2D eigenvalue weighted by molar-refractivity contribution is 5.92. The van der Waals surface area contributed by atoms with Gasteiger partial charge in [0.25, 0.3) is 0 Å². The average Bonchev–Trinajstić information content (AvgIpc) is 2.92. The SMILES string of the molecule is [C-]#[N+]c1ccc2c(c1)N(c1ccccn1)c1cc(-c3ccc4c(C(C)(C)C)ccc(O)c4n3)ccc1C2(C)C. The van der Waals surface area contributed by atoms with Gasteiger partial charge in [-0.05, 0) is 58.5 Å². The maximum Gasteiger partial charge on any atom is 0.189 e. The van der Waals surface area contributed by atoms with Crippen LogP contribution < -0.4 is 4.90 Å². The lowest BCUT2D eigenvalue weighted by Crippen LogP contribution is -2.31. The van der Waals surface area contributed by atoms with E-state index in [9.17, 15) is 5.11 Å². The minimum atomic E-state index is -0.286. The zero-order chi connectivity index (χ0) is 27.5. The van der Waals surface area contributed by atoms with Crippen LogP contribution in [0.25, 0.3) is 27.0 Å². The summed E-state index contributed by atoms with van der Waals surface area (Å²) in [6.07, 6.45) is 1.79. The van der Waals surface area contributed by atoms with Gasteiger partial charge >= 0.3 is 0 Å². The number of aromatic nitrogens is 2. The zero-order valence-corrected chi connectivity index (χ0v) is 22.8. The second-order valence-electron chi connectivity index (χ2n) is 11.7. The molecule has 0 unspecified atom stereocenters. The smallest absolute Gasteiger partial charge is 0.189 e. The fourth-order valence-electron chi connectivity index (χ4n) is 5.73. The van der Waals surface area contributed by atoms with E-state index in [1.54, 1.807) is 12.3 Å². The molecule has 0 atom stereocenters. The molecular formula is C34H30N4O. The van der Waals surface area contributed by atoms with Crippen LogP contribution in [0.15, 0.2) is 85.1 Å². The van der Waals surface area contributed by atoms with Gasteiger partial charge < -0.3 is 5.11 Å². The fourth-order valence-corrected chi connectivity index (χ4v) is 5.73. The number of benzene rings is 3. The van der Waals surface area contributed by atoms with Crippen molar-refractivity contribution in [2.75, 3.05) is 4.90 Å². The van der Waals surface area contributed by atoms with Crippen LogP contribution in [0.5, 0.6) is 5.75 Å². The first-order valence-electron chi connectivity index (χ1n) is 13.1. The van der Waals surface area contributed by atoms with Crippen LogP contribution in [-0.2, 0) is 10.8 Å². The number of aromatic hydroxyl groups is 1. The third kappa shape index (κ3) is 3.92. The van der Waals surface area contributed by atoms with Gasteiger partial charge in [-0.25, -0.2) is 14.8 Å². The highest BCUT2D eigenvalue weighted by Gasteiger charge is 2.37. The van der Waals surface area contributed by atoms with Crippen LogP contribution in [0.1, 0.15) is 51.3 Å². The summed E-state index contributed by atoms with van der Waals surface area (Å²) in [5.41, 5.74) is 7.97. The maximum absolute atomic E-state index is 10.7. The van der Waals surface area contributed by atoms with E-state index in [-0.39, 0.29) is 16.6 Å². The second-order valence-corrected chi connectivity index (χ2v) is 11.7. The fraction of sp³-hybridized carbons (Fsp3) is 0.206. The zero-order valence-electron chi connectivity index (χ0n) is 22.8. The Balaban J connectivity index is 1.58. The van der Waals surface area contributed by atoms with E-state index in [1.165, 1.54) is 5.56 Å². The highest BCUT2D eigenvalue weighted by Crippen LogP contribution is 2.53. The summed E-state index contributed by atoms with van der Waals surface area (Å²) >= 11 is 0. The summed E-state index contributed by atoms with van der Waals surface area (Å²) in [7, 11) is 0. The average molecular weight is 511 g/mol. The molecule has 0 amide bonds. The van der Waals surface area contributed by atoms with Crippen LogP contribution in [0, 0.1) is 6.57 Å². The van der Waals surface area contributed by atoms with Gasteiger partial charge in [0.05, 0.1) is 18.0 Å². The molecule has 5 aromatic rings. The molecule has 192 valence electrons. The molecule has 39 heavy (non-hydrogen) atoms. The number of pyridine rings is 2. The maximum atomic E-state index is 10.7. The number of phenolic OH excluding ortho intramolecular Hbond substituents is 1. The van der Waals surface area contributed by atoms with Crippen molar-refractivity contribution in [3.63, 3.8) is 0 Å². The third-order valence-corrected chi connectivity index (χ3v) is 7.75. The second kappa shape index (κ2) is 8.68. The Hall–Kier alpha value is -4.69. The predicted octanol–water partition coefficient (Wildman–Crippen LogP) is 8.96. The van der Waals surface area contributed by atoms with E-state index in [0.717, 1.165) is 45.0 Å². The van der Waals surface area contributed by atoms with Crippen molar-refractivity contribution in [2.24, 2.45) is 0 Å². The van der Waals surface area contributed by atoms with Crippen LogP contribution in [0.3, 0.4) is 0 Å². The summed E-state index contributed by atoms with van der Waals surface area (Å²) in [6, 6.07) is 26.0. The van der Waals surface area contributed by atoms with E-state index in [0.29, 0.717) is 11.2 Å². The molecule has 0 aliphatic carbocycles. The molecule has 5 heteroatoms. The molecule has 0 saturated heterocycles. The van der Waals surface area contributed by atoms with E-state index < -0.39 is 0 Å². The lowest BCUT2D eigenvalue weighted by Gasteiger charge is -2.42. The summed E-state index contributed by atoms with van der Waals surface area (Å²) < 4.78 is 0. The summed E-state index contributed by atoms with van der Waals surface area (Å²) in [5.74, 6) is 0.961. The van der Waals surface area contributed by atoms with E-state index >= 15 is 0 Å². The van der Waals surface area contributed by atoms with Gasteiger partial charge in [0, 0.05) is 28.2 Å². The molecule has 6 rings (SSSR count). The molecule has 0 saturated carbocycles. The number of rotatable bonds is 2. The standard InChI is InChI=1S/C34H30N4O/c1-33(2,3)24-15-17-30(39)32-23(24)12-16-27(37-32)21-10-13-25-28(19-21)38(31-9-7-8-18-36-31)29-20-22(35-6)11-14-26(29)34(25,4)5/h7-20,39H,1-5H3. The van der Waals surface area contributed by atoms with Crippen molar-refractivity contribution in [3.05, 3.63) is 113 Å². The molecule has 0 bridgehead atoms. The number of nitrogens with zero attached hydrogens (tertiary/aromatic N) is 4. The highest BCUT2D eigenvalue weighted by atomic mass is 16.3. The Morgan fingerprint density at radius 2 is 1.62 bits per heavy atom. The van der Waals surface area contributed by atoms with Gasteiger partial charge in [0.15, 0.2) is 5.69 Å². The molecule has 3 aromatic carbocycles. The number of anilines is 3.